The monoisotopic (exact) mass is 501 g/mol. The van der Waals surface area contributed by atoms with Gasteiger partial charge in [-0.05, 0) is 48.0 Å². The van der Waals surface area contributed by atoms with E-state index in [-0.39, 0.29) is 12.5 Å². The Labute approximate surface area is 205 Å². The van der Waals surface area contributed by atoms with Crippen LogP contribution < -0.4 is 14.4 Å². The van der Waals surface area contributed by atoms with Crippen LogP contribution in [0.2, 0.25) is 10.0 Å². The van der Waals surface area contributed by atoms with E-state index in [0.717, 1.165) is 16.8 Å². The van der Waals surface area contributed by atoms with Gasteiger partial charge >= 0.3 is 0 Å². The molecule has 1 fully saturated rings. The molecule has 0 unspecified atom stereocenters. The molecule has 3 aromatic carbocycles. The number of para-hydroxylation sites is 1. The number of rotatable bonds is 6. The minimum absolute atomic E-state index is 0.150. The van der Waals surface area contributed by atoms with Crippen LogP contribution in [0.3, 0.4) is 0 Å². The molecular weight excluding hydrogens is 485 g/mol. The number of ether oxygens (including phenoxy) is 2. The molecule has 0 bridgehead atoms. The van der Waals surface area contributed by atoms with Crippen LogP contribution in [0.15, 0.2) is 71.6 Å². The van der Waals surface area contributed by atoms with Gasteiger partial charge in [-0.2, -0.15) is 0 Å². The Bertz CT molecular complexity index is 1220. The highest BCUT2D eigenvalue weighted by Crippen LogP contribution is 2.37. The highest BCUT2D eigenvalue weighted by atomic mass is 35.5. The van der Waals surface area contributed by atoms with Gasteiger partial charge in [0.25, 0.3) is 5.91 Å². The van der Waals surface area contributed by atoms with Crippen molar-refractivity contribution in [1.82, 2.24) is 0 Å². The van der Waals surface area contributed by atoms with Gasteiger partial charge in [-0.3, -0.25) is 9.69 Å². The minimum atomic E-state index is -0.150. The second-order valence-electron chi connectivity index (χ2n) is 6.79. The van der Waals surface area contributed by atoms with E-state index in [4.69, 9.17) is 44.9 Å². The van der Waals surface area contributed by atoms with Crippen LogP contribution in [0.5, 0.6) is 11.5 Å². The fourth-order valence-corrected chi connectivity index (χ4v) is 4.87. The topological polar surface area (TPSA) is 38.8 Å². The van der Waals surface area contributed by atoms with E-state index in [0.29, 0.717) is 30.8 Å². The summed E-state index contributed by atoms with van der Waals surface area (Å²) in [5.74, 6) is 0.956. The van der Waals surface area contributed by atoms with Gasteiger partial charge < -0.3 is 9.47 Å². The van der Waals surface area contributed by atoms with Crippen LogP contribution >= 0.6 is 47.2 Å². The zero-order valence-electron chi connectivity index (χ0n) is 16.9. The van der Waals surface area contributed by atoms with Crippen molar-refractivity contribution in [1.29, 1.82) is 0 Å². The lowest BCUT2D eigenvalue weighted by Crippen LogP contribution is -2.27. The number of benzene rings is 3. The van der Waals surface area contributed by atoms with E-state index in [1.165, 1.54) is 16.7 Å². The number of carbonyl (C=O) groups is 1. The Balaban J connectivity index is 1.53. The first kappa shape index (κ1) is 22.7. The van der Waals surface area contributed by atoms with E-state index in [9.17, 15) is 4.79 Å². The zero-order chi connectivity index (χ0) is 22.7. The van der Waals surface area contributed by atoms with Gasteiger partial charge in [-0.1, -0.05) is 77.5 Å². The summed E-state index contributed by atoms with van der Waals surface area (Å²) >= 11 is 18.9. The predicted molar refractivity (Wildman–Crippen MR) is 136 cm³/mol. The molecule has 0 aromatic heterocycles. The number of thioether (sulfide) groups is 1. The lowest BCUT2D eigenvalue weighted by Gasteiger charge is -2.14. The molecule has 1 saturated heterocycles. The number of hydrogen-bond donors (Lipinski definition) is 0. The van der Waals surface area contributed by atoms with Crippen LogP contribution in [0, 0.1) is 0 Å². The van der Waals surface area contributed by atoms with Gasteiger partial charge in [-0.15, -0.1) is 0 Å². The highest BCUT2D eigenvalue weighted by molar-refractivity contribution is 8.27. The number of carbonyl (C=O) groups excluding carboxylic acids is 1. The van der Waals surface area contributed by atoms with Crippen molar-refractivity contribution in [2.45, 2.75) is 6.61 Å². The largest absolute Gasteiger partial charge is 0.493 e. The first-order valence-corrected chi connectivity index (χ1v) is 11.5. The summed E-state index contributed by atoms with van der Waals surface area (Å²) in [5, 5.41) is 1.10. The Kier molecular flexibility index (Phi) is 7.06. The second-order valence-corrected chi connectivity index (χ2v) is 9.31. The number of thiocarbonyl (C=S) groups is 1. The standard InChI is InChI=1S/C24H17Cl2NO3S2/c1-29-21-11-15(7-10-20(21)30-14-16-8-9-17(25)13-19(16)26)12-22-23(28)27(24(31)32-22)18-5-3-2-4-6-18/h2-13H,14H2,1H3/b22-12+. The van der Waals surface area contributed by atoms with Gasteiger partial charge in [0.2, 0.25) is 0 Å². The molecule has 162 valence electrons. The molecule has 32 heavy (non-hydrogen) atoms. The molecule has 4 rings (SSSR count). The maximum Gasteiger partial charge on any atom is 0.270 e. The maximum absolute atomic E-state index is 12.9. The van der Waals surface area contributed by atoms with Crippen molar-refractivity contribution in [2.75, 3.05) is 12.0 Å². The third kappa shape index (κ3) is 4.94. The van der Waals surface area contributed by atoms with Gasteiger partial charge in [0.15, 0.2) is 15.8 Å². The van der Waals surface area contributed by atoms with Crippen molar-refractivity contribution in [3.05, 3.63) is 92.8 Å². The Morgan fingerprint density at radius 2 is 1.81 bits per heavy atom. The van der Waals surface area contributed by atoms with Gasteiger partial charge in [0.05, 0.1) is 17.7 Å². The predicted octanol–water partition coefficient (Wildman–Crippen LogP) is 6.99. The third-order valence-electron chi connectivity index (χ3n) is 4.69. The molecule has 1 heterocycles. The van der Waals surface area contributed by atoms with Crippen LogP contribution in [0.4, 0.5) is 5.69 Å². The number of hydrogen-bond acceptors (Lipinski definition) is 5. The first-order valence-electron chi connectivity index (χ1n) is 9.54. The Hall–Kier alpha value is -2.51. The summed E-state index contributed by atoms with van der Waals surface area (Å²) in [6.07, 6.45) is 1.80. The highest BCUT2D eigenvalue weighted by Gasteiger charge is 2.33. The molecule has 0 saturated carbocycles. The quantitative estimate of drug-likeness (QED) is 0.269. The second kappa shape index (κ2) is 9.96. The van der Waals surface area contributed by atoms with E-state index in [1.54, 1.807) is 31.4 Å². The molecule has 4 nitrogen and oxygen atoms in total. The van der Waals surface area contributed by atoms with Crippen molar-refractivity contribution in [3.63, 3.8) is 0 Å². The van der Waals surface area contributed by atoms with Crippen LogP contribution in [-0.4, -0.2) is 17.3 Å². The van der Waals surface area contributed by atoms with Gasteiger partial charge in [0.1, 0.15) is 6.61 Å². The number of methoxy groups -OCH3 is 1. The van der Waals surface area contributed by atoms with Crippen LogP contribution in [0.25, 0.3) is 6.08 Å². The summed E-state index contributed by atoms with van der Waals surface area (Å²) in [6.45, 7) is 0.265. The van der Waals surface area contributed by atoms with Crippen molar-refractivity contribution in [3.8, 4) is 11.5 Å². The van der Waals surface area contributed by atoms with Crippen molar-refractivity contribution < 1.29 is 14.3 Å². The smallest absolute Gasteiger partial charge is 0.270 e. The number of amides is 1. The van der Waals surface area contributed by atoms with E-state index < -0.39 is 0 Å². The number of halogens is 2. The van der Waals surface area contributed by atoms with Crippen LogP contribution in [0.1, 0.15) is 11.1 Å². The van der Waals surface area contributed by atoms with Crippen LogP contribution in [-0.2, 0) is 11.4 Å². The fourth-order valence-electron chi connectivity index (χ4n) is 3.11. The van der Waals surface area contributed by atoms with Gasteiger partial charge in [0, 0.05) is 15.6 Å². The average Bonchev–Trinajstić information content (AvgIpc) is 3.07. The fraction of sp³-hybridized carbons (Fsp3) is 0.0833. The number of nitrogens with zero attached hydrogens (tertiary/aromatic N) is 1. The minimum Gasteiger partial charge on any atom is -0.493 e. The first-order chi connectivity index (χ1) is 15.5. The van der Waals surface area contributed by atoms with E-state index >= 15 is 0 Å². The summed E-state index contributed by atoms with van der Waals surface area (Å²) in [6, 6.07) is 20.1. The molecule has 8 heteroatoms. The summed E-state index contributed by atoms with van der Waals surface area (Å²) in [7, 11) is 1.57. The molecule has 0 N–H and O–H groups in total. The molecule has 1 amide bonds. The molecule has 0 spiro atoms. The summed E-state index contributed by atoms with van der Waals surface area (Å²) in [5.41, 5.74) is 2.36. The molecular formula is C24H17Cl2NO3S2. The van der Waals surface area contributed by atoms with E-state index in [1.807, 2.05) is 48.5 Å². The Morgan fingerprint density at radius 1 is 1.03 bits per heavy atom. The molecule has 0 atom stereocenters. The molecule has 3 aromatic rings. The average molecular weight is 502 g/mol. The SMILES string of the molecule is COc1cc(/C=C2/SC(=S)N(c3ccccc3)C2=O)ccc1OCc1ccc(Cl)cc1Cl. The number of anilines is 1. The molecule has 0 aliphatic carbocycles. The Morgan fingerprint density at radius 3 is 2.53 bits per heavy atom. The summed E-state index contributed by atoms with van der Waals surface area (Å²) in [4.78, 5) is 15.0. The van der Waals surface area contributed by atoms with Crippen molar-refractivity contribution >= 4 is 69.2 Å². The van der Waals surface area contributed by atoms with Crippen molar-refractivity contribution in [2.24, 2.45) is 0 Å². The molecule has 1 aliphatic rings. The normalized spacial score (nSPS) is 14.8. The van der Waals surface area contributed by atoms with Gasteiger partial charge in [-0.25, -0.2) is 0 Å². The summed E-state index contributed by atoms with van der Waals surface area (Å²) < 4.78 is 11.9. The maximum atomic E-state index is 12.9. The lowest BCUT2D eigenvalue weighted by molar-refractivity contribution is -0.113. The zero-order valence-corrected chi connectivity index (χ0v) is 20.0. The third-order valence-corrected chi connectivity index (χ3v) is 6.58. The lowest BCUT2D eigenvalue weighted by atomic mass is 10.1. The molecule has 0 radical (unpaired) electrons. The van der Waals surface area contributed by atoms with E-state index in [2.05, 4.69) is 0 Å². The molecule has 1 aliphatic heterocycles.